The summed E-state index contributed by atoms with van der Waals surface area (Å²) in [6, 6.07) is 9.12. The summed E-state index contributed by atoms with van der Waals surface area (Å²) in [5.41, 5.74) is 3.88. The number of benzene rings is 1. The van der Waals surface area contributed by atoms with E-state index in [0.29, 0.717) is 0 Å². The average molecular weight is 283 g/mol. The van der Waals surface area contributed by atoms with Crippen molar-refractivity contribution in [2.45, 2.75) is 45.6 Å². The Morgan fingerprint density at radius 2 is 1.81 bits per heavy atom. The minimum absolute atomic E-state index is 0.199. The lowest BCUT2D eigenvalue weighted by Gasteiger charge is -2.20. The van der Waals surface area contributed by atoms with Gasteiger partial charge in [0.15, 0.2) is 0 Å². The summed E-state index contributed by atoms with van der Waals surface area (Å²) in [6.07, 6.45) is 6.24. The molecule has 1 heterocycles. The van der Waals surface area contributed by atoms with Gasteiger partial charge in [-0.1, -0.05) is 52.0 Å². The molecule has 3 heteroatoms. The van der Waals surface area contributed by atoms with Crippen LogP contribution < -0.4 is 5.32 Å². The van der Waals surface area contributed by atoms with Crippen LogP contribution in [0.15, 0.2) is 42.9 Å². The molecule has 0 aliphatic heterocycles. The Hall–Kier alpha value is -1.74. The van der Waals surface area contributed by atoms with Gasteiger partial charge >= 0.3 is 0 Å². The van der Waals surface area contributed by atoms with Crippen LogP contribution in [0.4, 0.5) is 0 Å². The highest BCUT2D eigenvalue weighted by molar-refractivity contribution is 5.28. The van der Waals surface area contributed by atoms with Gasteiger partial charge in [0, 0.05) is 18.6 Å². The van der Waals surface area contributed by atoms with Crippen LogP contribution in [0.2, 0.25) is 0 Å². The Morgan fingerprint density at radius 3 is 2.33 bits per heavy atom. The quantitative estimate of drug-likeness (QED) is 0.910. The highest BCUT2D eigenvalue weighted by Crippen LogP contribution is 2.23. The molecule has 2 rings (SSSR count). The molecular formula is C18H25N3. The van der Waals surface area contributed by atoms with E-state index < -0.39 is 0 Å². The maximum absolute atomic E-state index is 4.43. The first-order chi connectivity index (χ1) is 10.0. The van der Waals surface area contributed by atoms with Crippen LogP contribution >= 0.6 is 0 Å². The average Bonchev–Trinajstić information content (AvgIpc) is 2.47. The van der Waals surface area contributed by atoms with Gasteiger partial charge in [-0.05, 0) is 29.5 Å². The minimum atomic E-state index is 0.199. The molecule has 0 amide bonds. The van der Waals surface area contributed by atoms with Crippen LogP contribution in [-0.2, 0) is 11.8 Å². The third-order valence-electron chi connectivity index (χ3n) is 3.65. The normalized spacial score (nSPS) is 13.1. The van der Waals surface area contributed by atoms with Crippen molar-refractivity contribution in [3.8, 4) is 0 Å². The number of aromatic nitrogens is 2. The van der Waals surface area contributed by atoms with Crippen molar-refractivity contribution >= 4 is 0 Å². The Morgan fingerprint density at radius 1 is 1.10 bits per heavy atom. The summed E-state index contributed by atoms with van der Waals surface area (Å²) >= 11 is 0. The van der Waals surface area contributed by atoms with Gasteiger partial charge in [-0.25, -0.2) is 0 Å². The number of likely N-dealkylation sites (N-methyl/N-ethyl adjacent to an activating group) is 1. The van der Waals surface area contributed by atoms with Crippen LogP contribution in [-0.4, -0.2) is 16.5 Å². The SMILES string of the molecule is CCNC(Cc1ccc(C(C)(C)C)cc1)c1cnccn1. The Labute approximate surface area is 127 Å². The van der Waals surface area contributed by atoms with Gasteiger partial charge < -0.3 is 5.32 Å². The standard InChI is InChI=1S/C18H25N3/c1-5-20-16(17-13-19-10-11-21-17)12-14-6-8-15(9-7-14)18(2,3)4/h6-11,13,16,20H,5,12H2,1-4H3. The van der Waals surface area contributed by atoms with Gasteiger partial charge in [0.2, 0.25) is 0 Å². The molecule has 1 unspecified atom stereocenters. The lowest BCUT2D eigenvalue weighted by atomic mass is 9.86. The predicted octanol–water partition coefficient (Wildman–Crippen LogP) is 3.67. The molecule has 0 bridgehead atoms. The number of hydrogen-bond acceptors (Lipinski definition) is 3. The van der Waals surface area contributed by atoms with E-state index in [1.54, 1.807) is 12.4 Å². The largest absolute Gasteiger partial charge is 0.309 e. The predicted molar refractivity (Wildman–Crippen MR) is 87.3 cm³/mol. The first kappa shape index (κ1) is 15.6. The van der Waals surface area contributed by atoms with Crippen molar-refractivity contribution in [1.29, 1.82) is 0 Å². The molecule has 0 aliphatic carbocycles. The molecule has 1 atom stereocenters. The highest BCUT2D eigenvalue weighted by atomic mass is 14.9. The first-order valence-electron chi connectivity index (χ1n) is 7.59. The van der Waals surface area contributed by atoms with Gasteiger partial charge in [0.1, 0.15) is 0 Å². The van der Waals surface area contributed by atoms with E-state index in [9.17, 15) is 0 Å². The molecule has 1 aromatic carbocycles. The third kappa shape index (κ3) is 4.36. The fourth-order valence-electron chi connectivity index (χ4n) is 2.39. The molecular weight excluding hydrogens is 258 g/mol. The van der Waals surface area contributed by atoms with Gasteiger partial charge in [0.25, 0.3) is 0 Å². The van der Waals surface area contributed by atoms with E-state index >= 15 is 0 Å². The second-order valence-electron chi connectivity index (χ2n) is 6.39. The smallest absolute Gasteiger partial charge is 0.0759 e. The topological polar surface area (TPSA) is 37.8 Å². The zero-order valence-electron chi connectivity index (χ0n) is 13.4. The summed E-state index contributed by atoms with van der Waals surface area (Å²) in [6.45, 7) is 9.75. The van der Waals surface area contributed by atoms with E-state index in [-0.39, 0.29) is 11.5 Å². The molecule has 2 aromatic rings. The van der Waals surface area contributed by atoms with Crippen molar-refractivity contribution in [1.82, 2.24) is 15.3 Å². The Kier molecular flexibility index (Phi) is 5.07. The zero-order chi connectivity index (χ0) is 15.3. The van der Waals surface area contributed by atoms with Crippen molar-refractivity contribution < 1.29 is 0 Å². The minimum Gasteiger partial charge on any atom is -0.309 e. The number of rotatable bonds is 5. The zero-order valence-corrected chi connectivity index (χ0v) is 13.4. The second-order valence-corrected chi connectivity index (χ2v) is 6.39. The second kappa shape index (κ2) is 6.81. The van der Waals surface area contributed by atoms with E-state index in [4.69, 9.17) is 0 Å². The summed E-state index contributed by atoms with van der Waals surface area (Å²) in [5, 5.41) is 3.49. The Bertz CT molecular complexity index is 541. The van der Waals surface area contributed by atoms with Gasteiger partial charge in [0.05, 0.1) is 11.7 Å². The lowest BCUT2D eigenvalue weighted by molar-refractivity contribution is 0.534. The maximum atomic E-state index is 4.43. The highest BCUT2D eigenvalue weighted by Gasteiger charge is 2.15. The van der Waals surface area contributed by atoms with E-state index in [0.717, 1.165) is 18.7 Å². The van der Waals surface area contributed by atoms with Gasteiger partial charge in [-0.2, -0.15) is 0 Å². The van der Waals surface area contributed by atoms with Crippen LogP contribution in [0, 0.1) is 0 Å². The monoisotopic (exact) mass is 283 g/mol. The Balaban J connectivity index is 2.14. The molecule has 0 fully saturated rings. The van der Waals surface area contributed by atoms with E-state index in [1.165, 1.54) is 11.1 Å². The van der Waals surface area contributed by atoms with Crippen molar-refractivity contribution in [2.24, 2.45) is 0 Å². The molecule has 1 N–H and O–H groups in total. The van der Waals surface area contributed by atoms with Crippen LogP contribution in [0.25, 0.3) is 0 Å². The van der Waals surface area contributed by atoms with Crippen LogP contribution in [0.5, 0.6) is 0 Å². The molecule has 0 radical (unpaired) electrons. The van der Waals surface area contributed by atoms with Crippen molar-refractivity contribution in [3.05, 3.63) is 59.7 Å². The summed E-state index contributed by atoms with van der Waals surface area (Å²) in [5.74, 6) is 0. The van der Waals surface area contributed by atoms with E-state index in [1.807, 2.05) is 6.20 Å². The summed E-state index contributed by atoms with van der Waals surface area (Å²) in [4.78, 5) is 8.60. The lowest BCUT2D eigenvalue weighted by Crippen LogP contribution is -2.24. The first-order valence-corrected chi connectivity index (χ1v) is 7.59. The fraction of sp³-hybridized carbons (Fsp3) is 0.444. The maximum Gasteiger partial charge on any atom is 0.0759 e. The van der Waals surface area contributed by atoms with E-state index in [2.05, 4.69) is 67.2 Å². The molecule has 1 aromatic heterocycles. The molecule has 0 aliphatic rings. The number of hydrogen-bond donors (Lipinski definition) is 1. The molecule has 21 heavy (non-hydrogen) atoms. The van der Waals surface area contributed by atoms with Gasteiger partial charge in [-0.15, -0.1) is 0 Å². The van der Waals surface area contributed by atoms with Crippen molar-refractivity contribution in [2.75, 3.05) is 6.54 Å². The van der Waals surface area contributed by atoms with Crippen molar-refractivity contribution in [3.63, 3.8) is 0 Å². The third-order valence-corrected chi connectivity index (χ3v) is 3.65. The molecule has 0 saturated carbocycles. The fourth-order valence-corrected chi connectivity index (χ4v) is 2.39. The van der Waals surface area contributed by atoms with Crippen LogP contribution in [0.1, 0.15) is 50.6 Å². The number of nitrogens with zero attached hydrogens (tertiary/aromatic N) is 2. The molecule has 3 nitrogen and oxygen atoms in total. The summed E-state index contributed by atoms with van der Waals surface area (Å²) in [7, 11) is 0. The summed E-state index contributed by atoms with van der Waals surface area (Å²) < 4.78 is 0. The molecule has 0 saturated heterocycles. The van der Waals surface area contributed by atoms with Crippen LogP contribution in [0.3, 0.4) is 0 Å². The van der Waals surface area contributed by atoms with Gasteiger partial charge in [-0.3, -0.25) is 9.97 Å². The molecule has 0 spiro atoms. The number of nitrogens with one attached hydrogen (secondary N) is 1. The molecule has 112 valence electrons.